The Labute approximate surface area is 164 Å². The summed E-state index contributed by atoms with van der Waals surface area (Å²) in [7, 11) is 0. The third-order valence-electron chi connectivity index (χ3n) is 3.67. The second kappa shape index (κ2) is 8.41. The highest BCUT2D eigenvalue weighted by molar-refractivity contribution is 6.42. The molecule has 0 saturated heterocycles. The molecule has 0 aliphatic heterocycles. The van der Waals surface area contributed by atoms with Gasteiger partial charge < -0.3 is 11.1 Å². The molecule has 25 heavy (non-hydrogen) atoms. The highest BCUT2D eigenvalue weighted by Gasteiger charge is 2.18. The molecule has 2 aromatic rings. The van der Waals surface area contributed by atoms with Crippen molar-refractivity contribution in [3.8, 4) is 5.69 Å². The number of halogens is 3. The molecule has 1 aromatic heterocycles. The SMILES string of the molecule is Cc1nn(-c2ccc(Cl)c(Cl)c2)c(C)c1CC(=O)NCC(C)(C)N.Cl. The van der Waals surface area contributed by atoms with E-state index in [2.05, 4.69) is 10.4 Å². The number of amides is 1. The smallest absolute Gasteiger partial charge is 0.224 e. The van der Waals surface area contributed by atoms with Gasteiger partial charge in [-0.25, -0.2) is 4.68 Å². The number of nitrogens with two attached hydrogens (primary N) is 1. The van der Waals surface area contributed by atoms with Crippen molar-refractivity contribution in [1.82, 2.24) is 15.1 Å². The van der Waals surface area contributed by atoms with Crippen molar-refractivity contribution in [2.24, 2.45) is 5.73 Å². The molecule has 8 heteroatoms. The monoisotopic (exact) mass is 404 g/mol. The predicted octanol–water partition coefficient (Wildman–Crippen LogP) is 3.61. The summed E-state index contributed by atoms with van der Waals surface area (Å²) in [5.41, 5.74) is 8.85. The Morgan fingerprint density at radius 3 is 2.48 bits per heavy atom. The Bertz CT molecular complexity index is 766. The standard InChI is InChI=1S/C17H22Cl2N4O.ClH/c1-10-13(8-16(24)21-9-17(3,4)20)11(2)23(22-10)12-5-6-14(18)15(19)7-12;/h5-7H,8-9,20H2,1-4H3,(H,21,24);1H. The van der Waals surface area contributed by atoms with E-state index in [1.54, 1.807) is 16.8 Å². The van der Waals surface area contributed by atoms with Crippen LogP contribution in [0.1, 0.15) is 30.8 Å². The fourth-order valence-corrected chi connectivity index (χ4v) is 2.64. The largest absolute Gasteiger partial charge is 0.354 e. The van der Waals surface area contributed by atoms with Crippen LogP contribution in [0.25, 0.3) is 5.69 Å². The number of benzene rings is 1. The summed E-state index contributed by atoms with van der Waals surface area (Å²) < 4.78 is 1.77. The number of hydrogen-bond donors (Lipinski definition) is 2. The zero-order valence-corrected chi connectivity index (χ0v) is 17.0. The van der Waals surface area contributed by atoms with Gasteiger partial charge >= 0.3 is 0 Å². The Balaban J connectivity index is 0.00000312. The van der Waals surface area contributed by atoms with Crippen LogP contribution in [0.2, 0.25) is 10.0 Å². The molecule has 0 spiro atoms. The highest BCUT2D eigenvalue weighted by atomic mass is 35.5. The molecule has 0 fully saturated rings. The first-order valence-electron chi connectivity index (χ1n) is 7.64. The van der Waals surface area contributed by atoms with Crippen molar-refractivity contribution in [2.75, 3.05) is 6.54 Å². The topological polar surface area (TPSA) is 72.9 Å². The maximum atomic E-state index is 12.2. The Morgan fingerprint density at radius 2 is 1.92 bits per heavy atom. The number of nitrogens with zero attached hydrogens (tertiary/aromatic N) is 2. The number of carbonyl (C=O) groups is 1. The van der Waals surface area contributed by atoms with Gasteiger partial charge in [0.05, 0.1) is 27.8 Å². The van der Waals surface area contributed by atoms with Crippen LogP contribution in [0.4, 0.5) is 0 Å². The lowest BCUT2D eigenvalue weighted by Crippen LogP contribution is -2.45. The van der Waals surface area contributed by atoms with Gasteiger partial charge in [0.1, 0.15) is 0 Å². The van der Waals surface area contributed by atoms with E-state index in [0.29, 0.717) is 16.6 Å². The number of nitrogens with one attached hydrogen (secondary N) is 1. The quantitative estimate of drug-likeness (QED) is 0.798. The van der Waals surface area contributed by atoms with Crippen molar-refractivity contribution in [2.45, 2.75) is 39.7 Å². The Morgan fingerprint density at radius 1 is 1.28 bits per heavy atom. The molecule has 0 unspecified atom stereocenters. The molecular weight excluding hydrogens is 383 g/mol. The maximum absolute atomic E-state index is 12.2. The van der Waals surface area contributed by atoms with Crippen LogP contribution in [0.5, 0.6) is 0 Å². The summed E-state index contributed by atoms with van der Waals surface area (Å²) in [6.07, 6.45) is 0.259. The van der Waals surface area contributed by atoms with Gasteiger partial charge in [0.2, 0.25) is 5.91 Å². The molecule has 2 rings (SSSR count). The van der Waals surface area contributed by atoms with E-state index in [4.69, 9.17) is 28.9 Å². The average Bonchev–Trinajstić information content (AvgIpc) is 2.75. The highest BCUT2D eigenvalue weighted by Crippen LogP contribution is 2.26. The van der Waals surface area contributed by atoms with Crippen molar-refractivity contribution >= 4 is 41.5 Å². The summed E-state index contributed by atoms with van der Waals surface area (Å²) in [5.74, 6) is -0.0755. The average molecular weight is 406 g/mol. The zero-order valence-electron chi connectivity index (χ0n) is 14.7. The van der Waals surface area contributed by atoms with E-state index in [1.807, 2.05) is 33.8 Å². The summed E-state index contributed by atoms with van der Waals surface area (Å²) >= 11 is 12.0. The lowest BCUT2D eigenvalue weighted by atomic mass is 10.1. The van der Waals surface area contributed by atoms with E-state index < -0.39 is 5.54 Å². The van der Waals surface area contributed by atoms with Gasteiger partial charge in [-0.05, 0) is 45.9 Å². The summed E-state index contributed by atoms with van der Waals surface area (Å²) in [5, 5.41) is 8.33. The molecule has 3 N–H and O–H groups in total. The second-order valence-corrected chi connectivity index (χ2v) is 7.42. The van der Waals surface area contributed by atoms with Crippen LogP contribution in [0, 0.1) is 13.8 Å². The molecule has 138 valence electrons. The summed E-state index contributed by atoms with van der Waals surface area (Å²) in [6, 6.07) is 5.32. The van der Waals surface area contributed by atoms with Gasteiger partial charge in [0.25, 0.3) is 0 Å². The lowest BCUT2D eigenvalue weighted by Gasteiger charge is -2.18. The van der Waals surface area contributed by atoms with Crippen molar-refractivity contribution < 1.29 is 4.79 Å². The van der Waals surface area contributed by atoms with Gasteiger partial charge in [-0.2, -0.15) is 5.10 Å². The molecule has 5 nitrogen and oxygen atoms in total. The van der Waals surface area contributed by atoms with E-state index >= 15 is 0 Å². The number of carbonyl (C=O) groups excluding carboxylic acids is 1. The first kappa shape index (κ1) is 21.8. The molecule has 1 amide bonds. The third-order valence-corrected chi connectivity index (χ3v) is 4.41. The van der Waals surface area contributed by atoms with Crippen LogP contribution in [0.3, 0.4) is 0 Å². The van der Waals surface area contributed by atoms with Gasteiger partial charge in [-0.1, -0.05) is 23.2 Å². The summed E-state index contributed by atoms with van der Waals surface area (Å²) in [6.45, 7) is 7.97. The van der Waals surface area contributed by atoms with E-state index in [9.17, 15) is 4.79 Å². The minimum Gasteiger partial charge on any atom is -0.354 e. The van der Waals surface area contributed by atoms with Crippen molar-refractivity contribution in [3.63, 3.8) is 0 Å². The molecule has 0 aliphatic carbocycles. The number of aromatic nitrogens is 2. The fourth-order valence-electron chi connectivity index (χ4n) is 2.35. The molecule has 0 saturated carbocycles. The van der Waals surface area contributed by atoms with Crippen LogP contribution < -0.4 is 11.1 Å². The Hall–Kier alpha value is -1.27. The summed E-state index contributed by atoms with van der Waals surface area (Å²) in [4.78, 5) is 12.2. The first-order chi connectivity index (χ1) is 11.1. The third kappa shape index (κ3) is 5.61. The van der Waals surface area contributed by atoms with Crippen molar-refractivity contribution in [1.29, 1.82) is 0 Å². The van der Waals surface area contributed by atoms with Crippen LogP contribution in [-0.2, 0) is 11.2 Å². The zero-order chi connectivity index (χ0) is 18.1. The van der Waals surface area contributed by atoms with Gasteiger partial charge in [-0.15, -0.1) is 12.4 Å². The van der Waals surface area contributed by atoms with Gasteiger partial charge in [-0.3, -0.25) is 4.79 Å². The van der Waals surface area contributed by atoms with E-state index in [-0.39, 0.29) is 24.7 Å². The van der Waals surface area contributed by atoms with Gasteiger partial charge in [0, 0.05) is 23.3 Å². The molecule has 0 radical (unpaired) electrons. The second-order valence-electron chi connectivity index (χ2n) is 6.60. The Kier molecular flexibility index (Phi) is 7.32. The van der Waals surface area contributed by atoms with Crippen LogP contribution >= 0.6 is 35.6 Å². The molecule has 0 atom stereocenters. The van der Waals surface area contributed by atoms with Crippen LogP contribution in [0.15, 0.2) is 18.2 Å². The first-order valence-corrected chi connectivity index (χ1v) is 8.40. The maximum Gasteiger partial charge on any atom is 0.224 e. The molecule has 1 aromatic carbocycles. The van der Waals surface area contributed by atoms with E-state index in [0.717, 1.165) is 22.6 Å². The fraction of sp³-hybridized carbons (Fsp3) is 0.412. The normalized spacial score (nSPS) is 11.2. The number of hydrogen-bond acceptors (Lipinski definition) is 3. The molecular formula is C17H23Cl3N4O. The van der Waals surface area contributed by atoms with E-state index in [1.165, 1.54) is 0 Å². The number of aryl methyl sites for hydroxylation is 1. The number of rotatable bonds is 5. The minimum atomic E-state index is -0.440. The van der Waals surface area contributed by atoms with Crippen LogP contribution in [-0.4, -0.2) is 27.8 Å². The molecule has 1 heterocycles. The van der Waals surface area contributed by atoms with Crippen molar-refractivity contribution in [3.05, 3.63) is 45.2 Å². The molecule has 0 bridgehead atoms. The predicted molar refractivity (Wildman–Crippen MR) is 105 cm³/mol. The lowest BCUT2D eigenvalue weighted by molar-refractivity contribution is -0.120. The minimum absolute atomic E-state index is 0. The molecule has 0 aliphatic rings. The van der Waals surface area contributed by atoms with Gasteiger partial charge in [0.15, 0.2) is 0 Å².